The van der Waals surface area contributed by atoms with Crippen molar-refractivity contribution >= 4 is 11.6 Å². The third-order valence-corrected chi connectivity index (χ3v) is 5.28. The summed E-state index contributed by atoms with van der Waals surface area (Å²) >= 11 is 0. The van der Waals surface area contributed by atoms with E-state index < -0.39 is 0 Å². The van der Waals surface area contributed by atoms with Gasteiger partial charge in [0.2, 0.25) is 0 Å². The topological polar surface area (TPSA) is 77.2 Å². The monoisotopic (exact) mass is 441 g/mol. The maximum Gasteiger partial charge on any atom is 0.260 e. The molecule has 168 valence electrons. The zero-order chi connectivity index (χ0) is 23.4. The quantitative estimate of drug-likeness (QED) is 0.364. The fraction of sp³-hybridized carbons (Fsp3) is 0.222. The molecule has 0 radical (unpaired) electrons. The molecule has 4 aromatic rings. The number of rotatable bonds is 7. The second-order valence-corrected chi connectivity index (χ2v) is 8.37. The summed E-state index contributed by atoms with van der Waals surface area (Å²) in [4.78, 5) is 17.6. The molecule has 4 rings (SSSR count). The molecule has 0 aliphatic carbocycles. The predicted octanol–water partition coefficient (Wildman–Crippen LogP) is 6.31. The first-order valence-electron chi connectivity index (χ1n) is 10.9. The molecule has 0 aliphatic rings. The van der Waals surface area contributed by atoms with Crippen molar-refractivity contribution < 1.29 is 14.1 Å². The fourth-order valence-electron chi connectivity index (χ4n) is 3.47. The lowest BCUT2D eigenvalue weighted by Crippen LogP contribution is -2.14. The molecule has 1 amide bonds. The second kappa shape index (κ2) is 9.69. The van der Waals surface area contributed by atoms with Gasteiger partial charge in [0.15, 0.2) is 5.82 Å². The number of carbonyl (C=O) groups is 1. The number of hydrogen-bond donors (Lipinski definition) is 1. The molecule has 3 aromatic carbocycles. The molecular formula is C27H27N3O3. The zero-order valence-corrected chi connectivity index (χ0v) is 19.3. The van der Waals surface area contributed by atoms with Crippen LogP contribution in [0.25, 0.3) is 11.5 Å². The van der Waals surface area contributed by atoms with E-state index in [0.717, 1.165) is 11.1 Å². The van der Waals surface area contributed by atoms with Crippen molar-refractivity contribution in [3.63, 3.8) is 0 Å². The van der Waals surface area contributed by atoms with Crippen LogP contribution in [0.5, 0.6) is 5.75 Å². The van der Waals surface area contributed by atoms with Crippen molar-refractivity contribution in [3.8, 4) is 17.2 Å². The number of aromatic nitrogens is 2. The molecule has 0 aliphatic heterocycles. The van der Waals surface area contributed by atoms with Crippen LogP contribution in [0, 0.1) is 13.8 Å². The van der Waals surface area contributed by atoms with Gasteiger partial charge in [-0.1, -0.05) is 67.0 Å². The fourth-order valence-corrected chi connectivity index (χ4v) is 3.47. The summed E-state index contributed by atoms with van der Waals surface area (Å²) in [5.41, 5.74) is 4.99. The molecule has 1 aromatic heterocycles. The molecule has 0 saturated heterocycles. The first kappa shape index (κ1) is 22.3. The highest BCUT2D eigenvalue weighted by atomic mass is 16.5. The molecule has 33 heavy (non-hydrogen) atoms. The number of anilines is 1. The van der Waals surface area contributed by atoms with Crippen LogP contribution in [0.3, 0.4) is 0 Å². The van der Waals surface area contributed by atoms with Crippen molar-refractivity contribution in [2.45, 2.75) is 40.2 Å². The number of amides is 1. The molecule has 0 atom stereocenters. The summed E-state index contributed by atoms with van der Waals surface area (Å²) in [6, 6.07) is 21.0. The minimum Gasteiger partial charge on any atom is -0.489 e. The Morgan fingerprint density at radius 3 is 2.58 bits per heavy atom. The third kappa shape index (κ3) is 5.29. The highest BCUT2D eigenvalue weighted by Crippen LogP contribution is 2.31. The van der Waals surface area contributed by atoms with E-state index in [1.807, 2.05) is 76.2 Å². The molecule has 0 bridgehead atoms. The Labute approximate surface area is 193 Å². The van der Waals surface area contributed by atoms with Crippen LogP contribution in [0.15, 0.2) is 71.3 Å². The Morgan fingerprint density at radius 2 is 1.82 bits per heavy atom. The highest BCUT2D eigenvalue weighted by molar-refractivity contribution is 6.06. The van der Waals surface area contributed by atoms with E-state index in [1.54, 1.807) is 12.1 Å². The summed E-state index contributed by atoms with van der Waals surface area (Å²) in [6.45, 7) is 8.42. The van der Waals surface area contributed by atoms with E-state index in [-0.39, 0.29) is 11.8 Å². The maximum absolute atomic E-state index is 13.1. The van der Waals surface area contributed by atoms with Gasteiger partial charge in [-0.25, -0.2) is 0 Å². The van der Waals surface area contributed by atoms with Crippen LogP contribution in [0.2, 0.25) is 0 Å². The van der Waals surface area contributed by atoms with Crippen LogP contribution in [-0.4, -0.2) is 16.0 Å². The smallest absolute Gasteiger partial charge is 0.260 e. The number of para-hydroxylation sites is 1. The average Bonchev–Trinajstić information content (AvgIpc) is 3.30. The van der Waals surface area contributed by atoms with Crippen molar-refractivity contribution in [1.82, 2.24) is 10.1 Å². The number of aryl methyl sites for hydroxylation is 2. The Kier molecular flexibility index (Phi) is 6.54. The van der Waals surface area contributed by atoms with Gasteiger partial charge in [-0.2, -0.15) is 4.98 Å². The van der Waals surface area contributed by atoms with E-state index in [9.17, 15) is 4.79 Å². The van der Waals surface area contributed by atoms with Crippen molar-refractivity contribution in [1.29, 1.82) is 0 Å². The number of nitrogens with zero attached hydrogens (tertiary/aromatic N) is 2. The van der Waals surface area contributed by atoms with Crippen LogP contribution in [0.4, 0.5) is 5.69 Å². The maximum atomic E-state index is 13.1. The highest BCUT2D eigenvalue weighted by Gasteiger charge is 2.18. The minimum absolute atomic E-state index is 0.146. The van der Waals surface area contributed by atoms with Gasteiger partial charge in [0.05, 0.1) is 11.3 Å². The van der Waals surface area contributed by atoms with E-state index in [4.69, 9.17) is 9.26 Å². The number of benzene rings is 3. The SMILES string of the molecule is Cc1cccc(COc2cccc(C(=O)Nc3c(C)cccc3-c3nc(C(C)C)no3)c2)c1. The van der Waals surface area contributed by atoms with E-state index >= 15 is 0 Å². The Balaban J connectivity index is 1.53. The normalized spacial score (nSPS) is 10.9. The first-order chi connectivity index (χ1) is 15.9. The Bertz CT molecular complexity index is 1280. The largest absolute Gasteiger partial charge is 0.489 e. The molecule has 1 N–H and O–H groups in total. The van der Waals surface area contributed by atoms with Crippen LogP contribution in [0.1, 0.15) is 52.6 Å². The van der Waals surface area contributed by atoms with Crippen LogP contribution < -0.4 is 10.1 Å². The van der Waals surface area contributed by atoms with Gasteiger partial charge in [0.1, 0.15) is 12.4 Å². The molecular weight excluding hydrogens is 414 g/mol. The van der Waals surface area contributed by atoms with Crippen molar-refractivity contribution in [2.24, 2.45) is 0 Å². The Morgan fingerprint density at radius 1 is 1.03 bits per heavy atom. The van der Waals surface area contributed by atoms with Crippen LogP contribution >= 0.6 is 0 Å². The molecule has 0 spiro atoms. The Hall–Kier alpha value is -3.93. The van der Waals surface area contributed by atoms with E-state index in [1.165, 1.54) is 5.56 Å². The number of hydrogen-bond acceptors (Lipinski definition) is 5. The average molecular weight is 442 g/mol. The third-order valence-electron chi connectivity index (χ3n) is 5.28. The van der Waals surface area contributed by atoms with Gasteiger partial charge in [-0.3, -0.25) is 4.79 Å². The molecule has 6 nitrogen and oxygen atoms in total. The predicted molar refractivity (Wildman–Crippen MR) is 128 cm³/mol. The van der Waals surface area contributed by atoms with Gasteiger partial charge < -0.3 is 14.6 Å². The van der Waals surface area contributed by atoms with Gasteiger partial charge in [-0.05, 0) is 49.2 Å². The molecule has 0 unspecified atom stereocenters. The lowest BCUT2D eigenvalue weighted by Gasteiger charge is -2.13. The number of carbonyl (C=O) groups excluding carboxylic acids is 1. The zero-order valence-electron chi connectivity index (χ0n) is 19.3. The van der Waals surface area contributed by atoms with Crippen molar-refractivity contribution in [2.75, 3.05) is 5.32 Å². The van der Waals surface area contributed by atoms with E-state index in [2.05, 4.69) is 21.5 Å². The van der Waals surface area contributed by atoms with Gasteiger partial charge in [0.25, 0.3) is 11.8 Å². The van der Waals surface area contributed by atoms with Gasteiger partial charge >= 0.3 is 0 Å². The minimum atomic E-state index is -0.241. The van der Waals surface area contributed by atoms with Crippen molar-refractivity contribution in [3.05, 3.63) is 94.8 Å². The summed E-state index contributed by atoms with van der Waals surface area (Å²) in [7, 11) is 0. The van der Waals surface area contributed by atoms with Crippen LogP contribution in [-0.2, 0) is 6.61 Å². The first-order valence-corrected chi connectivity index (χ1v) is 10.9. The van der Waals surface area contributed by atoms with Gasteiger partial charge in [-0.15, -0.1) is 0 Å². The number of nitrogens with one attached hydrogen (secondary N) is 1. The summed E-state index contributed by atoms with van der Waals surface area (Å²) in [5, 5.41) is 7.07. The summed E-state index contributed by atoms with van der Waals surface area (Å²) in [6.07, 6.45) is 0. The lowest BCUT2D eigenvalue weighted by atomic mass is 10.1. The summed E-state index contributed by atoms with van der Waals surface area (Å²) < 4.78 is 11.4. The molecule has 0 fully saturated rings. The molecule has 1 heterocycles. The van der Waals surface area contributed by atoms with Gasteiger partial charge in [0, 0.05) is 11.5 Å². The molecule has 0 saturated carbocycles. The molecule has 6 heteroatoms. The van der Waals surface area contributed by atoms with E-state index in [0.29, 0.717) is 40.9 Å². The standard InChI is InChI=1S/C27H27N3O3/c1-17(2)25-29-27(33-30-25)23-13-6-9-19(4)24(23)28-26(31)21-11-7-12-22(15-21)32-16-20-10-5-8-18(3)14-20/h5-15,17H,16H2,1-4H3,(H,28,31). The number of ether oxygens (including phenoxy) is 1. The lowest BCUT2D eigenvalue weighted by molar-refractivity contribution is 0.102. The second-order valence-electron chi connectivity index (χ2n) is 8.37. The summed E-state index contributed by atoms with van der Waals surface area (Å²) in [5.74, 6) is 1.55.